The highest BCUT2D eigenvalue weighted by Gasteiger charge is 2.26. The molecule has 3 heterocycles. The standard InChI is InChI=1S/C23H18N4O3S2/c1-29-16-9-10-17(30-2)20-19(16)26-23(32-20)27(13-14-6-5-11-24-12-14)22(28)21-25-15-7-3-4-8-18(15)31-21/h3-12H,13H2,1-2H3. The number of benzene rings is 2. The van der Waals surface area contributed by atoms with Crippen LogP contribution in [-0.4, -0.2) is 35.1 Å². The fourth-order valence-electron chi connectivity index (χ4n) is 3.37. The molecule has 160 valence electrons. The molecule has 0 saturated heterocycles. The Labute approximate surface area is 191 Å². The van der Waals surface area contributed by atoms with E-state index in [1.54, 1.807) is 31.5 Å². The van der Waals surface area contributed by atoms with Crippen molar-refractivity contribution >= 4 is 54.1 Å². The van der Waals surface area contributed by atoms with Gasteiger partial charge < -0.3 is 9.47 Å². The van der Waals surface area contributed by atoms with Gasteiger partial charge in [-0.2, -0.15) is 0 Å². The number of ether oxygens (including phenoxy) is 2. The number of aromatic nitrogens is 3. The van der Waals surface area contributed by atoms with Crippen LogP contribution >= 0.6 is 22.7 Å². The highest BCUT2D eigenvalue weighted by Crippen LogP contribution is 2.41. The zero-order valence-electron chi connectivity index (χ0n) is 17.3. The van der Waals surface area contributed by atoms with Gasteiger partial charge in [0.1, 0.15) is 21.7 Å². The van der Waals surface area contributed by atoms with E-state index in [0.29, 0.717) is 33.7 Å². The van der Waals surface area contributed by atoms with Gasteiger partial charge in [-0.15, -0.1) is 11.3 Å². The van der Waals surface area contributed by atoms with Crippen LogP contribution < -0.4 is 14.4 Å². The van der Waals surface area contributed by atoms with Crippen molar-refractivity contribution in [2.45, 2.75) is 6.54 Å². The molecule has 5 aromatic rings. The van der Waals surface area contributed by atoms with Crippen LogP contribution in [0.4, 0.5) is 5.13 Å². The van der Waals surface area contributed by atoms with Crippen LogP contribution in [0.2, 0.25) is 0 Å². The molecule has 0 fully saturated rings. The summed E-state index contributed by atoms with van der Waals surface area (Å²) in [6, 6.07) is 15.1. The van der Waals surface area contributed by atoms with Gasteiger partial charge in [0.2, 0.25) is 0 Å². The third-order valence-corrected chi connectivity index (χ3v) is 7.03. The number of carbonyl (C=O) groups excluding carboxylic acids is 1. The van der Waals surface area contributed by atoms with Crippen LogP contribution in [0, 0.1) is 0 Å². The summed E-state index contributed by atoms with van der Waals surface area (Å²) in [7, 11) is 3.21. The number of para-hydroxylation sites is 1. The topological polar surface area (TPSA) is 77.4 Å². The maximum Gasteiger partial charge on any atom is 0.289 e. The predicted molar refractivity (Wildman–Crippen MR) is 127 cm³/mol. The van der Waals surface area contributed by atoms with Crippen LogP contribution in [-0.2, 0) is 6.54 Å². The molecule has 1 amide bonds. The number of anilines is 1. The molecular weight excluding hydrogens is 444 g/mol. The lowest BCUT2D eigenvalue weighted by Gasteiger charge is -2.18. The first kappa shape index (κ1) is 20.3. The van der Waals surface area contributed by atoms with Crippen LogP contribution in [0.15, 0.2) is 60.9 Å². The van der Waals surface area contributed by atoms with E-state index in [-0.39, 0.29) is 5.91 Å². The van der Waals surface area contributed by atoms with Crippen LogP contribution in [0.5, 0.6) is 11.5 Å². The zero-order valence-corrected chi connectivity index (χ0v) is 18.9. The number of nitrogens with zero attached hydrogens (tertiary/aromatic N) is 4. The van der Waals surface area contributed by atoms with E-state index in [2.05, 4.69) is 9.97 Å². The van der Waals surface area contributed by atoms with Crippen molar-refractivity contribution in [1.29, 1.82) is 0 Å². The fourth-order valence-corrected chi connectivity index (χ4v) is 5.36. The van der Waals surface area contributed by atoms with Gasteiger partial charge in [0, 0.05) is 12.4 Å². The Morgan fingerprint density at radius 2 is 1.78 bits per heavy atom. The lowest BCUT2D eigenvalue weighted by Crippen LogP contribution is -2.30. The van der Waals surface area contributed by atoms with Crippen molar-refractivity contribution < 1.29 is 14.3 Å². The highest BCUT2D eigenvalue weighted by atomic mass is 32.1. The Balaban J connectivity index is 1.63. The summed E-state index contributed by atoms with van der Waals surface area (Å²) < 4.78 is 12.8. The second kappa shape index (κ2) is 8.52. The molecule has 5 rings (SSSR count). The minimum Gasteiger partial charge on any atom is -0.495 e. The maximum absolute atomic E-state index is 13.7. The van der Waals surface area contributed by atoms with E-state index in [9.17, 15) is 4.79 Å². The van der Waals surface area contributed by atoms with Gasteiger partial charge in [0.15, 0.2) is 10.1 Å². The van der Waals surface area contributed by atoms with E-state index in [4.69, 9.17) is 14.5 Å². The lowest BCUT2D eigenvalue weighted by molar-refractivity contribution is 0.0985. The first-order valence-electron chi connectivity index (χ1n) is 9.76. The second-order valence-electron chi connectivity index (χ2n) is 6.88. The first-order chi connectivity index (χ1) is 15.7. The number of thiazole rings is 2. The Bertz CT molecular complexity index is 1340. The van der Waals surface area contributed by atoms with Gasteiger partial charge in [0.05, 0.1) is 31.0 Å². The Morgan fingerprint density at radius 1 is 0.969 bits per heavy atom. The molecule has 0 unspecified atom stereocenters. The minimum absolute atomic E-state index is 0.216. The Morgan fingerprint density at radius 3 is 2.53 bits per heavy atom. The quantitative estimate of drug-likeness (QED) is 0.347. The monoisotopic (exact) mass is 462 g/mol. The summed E-state index contributed by atoms with van der Waals surface area (Å²) in [4.78, 5) is 28.8. The van der Waals surface area contributed by atoms with E-state index in [1.165, 1.54) is 22.7 Å². The van der Waals surface area contributed by atoms with Gasteiger partial charge in [0.25, 0.3) is 5.91 Å². The third kappa shape index (κ3) is 3.65. The van der Waals surface area contributed by atoms with Gasteiger partial charge in [-0.05, 0) is 35.9 Å². The lowest BCUT2D eigenvalue weighted by atomic mass is 10.2. The van der Waals surface area contributed by atoms with Crippen molar-refractivity contribution in [1.82, 2.24) is 15.0 Å². The molecule has 0 N–H and O–H groups in total. The van der Waals surface area contributed by atoms with Gasteiger partial charge in [-0.25, -0.2) is 9.97 Å². The molecule has 0 spiro atoms. The molecule has 7 nitrogen and oxygen atoms in total. The summed E-state index contributed by atoms with van der Waals surface area (Å²) in [5.41, 5.74) is 2.34. The number of hydrogen-bond donors (Lipinski definition) is 0. The summed E-state index contributed by atoms with van der Waals surface area (Å²) in [6.45, 7) is 0.313. The van der Waals surface area contributed by atoms with Crippen LogP contribution in [0.1, 0.15) is 15.4 Å². The molecule has 9 heteroatoms. The molecule has 0 aliphatic rings. The maximum atomic E-state index is 13.7. The third-order valence-electron chi connectivity index (χ3n) is 4.92. The van der Waals surface area contributed by atoms with Crippen LogP contribution in [0.25, 0.3) is 20.4 Å². The van der Waals surface area contributed by atoms with Crippen molar-refractivity contribution in [2.75, 3.05) is 19.1 Å². The largest absolute Gasteiger partial charge is 0.495 e. The van der Waals surface area contributed by atoms with Crippen LogP contribution in [0.3, 0.4) is 0 Å². The number of fused-ring (bicyclic) bond motifs is 2. The molecule has 32 heavy (non-hydrogen) atoms. The molecule has 2 aromatic carbocycles. The van der Waals surface area contributed by atoms with Gasteiger partial charge in [-0.1, -0.05) is 29.5 Å². The van der Waals surface area contributed by atoms with Crippen molar-refractivity contribution in [3.63, 3.8) is 0 Å². The second-order valence-corrected chi connectivity index (χ2v) is 8.89. The van der Waals surface area contributed by atoms with Crippen molar-refractivity contribution in [2.24, 2.45) is 0 Å². The summed E-state index contributed by atoms with van der Waals surface area (Å²) in [5, 5.41) is 0.948. The van der Waals surface area contributed by atoms with E-state index in [1.807, 2.05) is 48.5 Å². The molecule has 0 radical (unpaired) electrons. The number of methoxy groups -OCH3 is 2. The number of carbonyl (C=O) groups is 1. The molecule has 0 saturated carbocycles. The van der Waals surface area contributed by atoms with E-state index in [0.717, 1.165) is 20.5 Å². The normalized spacial score (nSPS) is 11.1. The number of rotatable bonds is 6. The van der Waals surface area contributed by atoms with E-state index < -0.39 is 0 Å². The Hall–Kier alpha value is -3.56. The fraction of sp³-hybridized carbons (Fsp3) is 0.130. The molecule has 0 aliphatic heterocycles. The minimum atomic E-state index is -0.216. The molecule has 0 bridgehead atoms. The smallest absolute Gasteiger partial charge is 0.289 e. The van der Waals surface area contributed by atoms with E-state index >= 15 is 0 Å². The average Bonchev–Trinajstić information content (AvgIpc) is 3.47. The first-order valence-corrected chi connectivity index (χ1v) is 11.4. The highest BCUT2D eigenvalue weighted by molar-refractivity contribution is 7.23. The van der Waals surface area contributed by atoms with Gasteiger partial charge in [-0.3, -0.25) is 14.7 Å². The number of amides is 1. The Kier molecular flexibility index (Phi) is 5.42. The number of pyridine rings is 1. The molecule has 0 atom stereocenters. The molecular formula is C23H18N4O3S2. The SMILES string of the molecule is COc1ccc(OC)c2sc(N(Cc3cccnc3)C(=O)c3nc4ccccc4s3)nc12. The summed E-state index contributed by atoms with van der Waals surface area (Å²) in [6.07, 6.45) is 3.45. The average molecular weight is 463 g/mol. The number of hydrogen-bond acceptors (Lipinski definition) is 8. The molecule has 0 aliphatic carbocycles. The zero-order chi connectivity index (χ0) is 22.1. The summed E-state index contributed by atoms with van der Waals surface area (Å²) in [5.74, 6) is 1.09. The van der Waals surface area contributed by atoms with Gasteiger partial charge >= 0.3 is 0 Å². The van der Waals surface area contributed by atoms with Crippen molar-refractivity contribution in [3.8, 4) is 11.5 Å². The summed E-state index contributed by atoms with van der Waals surface area (Å²) >= 11 is 2.75. The molecule has 3 aromatic heterocycles. The predicted octanol–water partition coefficient (Wildman–Crippen LogP) is 5.17. The van der Waals surface area contributed by atoms with Crippen molar-refractivity contribution in [3.05, 3.63) is 71.5 Å².